The third kappa shape index (κ3) is 3.97. The molecule has 4 rings (SSSR count). The number of benzene rings is 1. The van der Waals surface area contributed by atoms with Crippen molar-refractivity contribution >= 4 is 22.6 Å². The van der Waals surface area contributed by atoms with Gasteiger partial charge in [0.25, 0.3) is 0 Å². The van der Waals surface area contributed by atoms with Crippen LogP contribution >= 0.6 is 0 Å². The van der Waals surface area contributed by atoms with E-state index in [2.05, 4.69) is 21.9 Å². The average molecular weight is 392 g/mol. The highest BCUT2D eigenvalue weighted by molar-refractivity contribution is 5.81. The summed E-state index contributed by atoms with van der Waals surface area (Å²) in [5.41, 5.74) is 11.9. The number of likely N-dealkylation sites (tertiary alicyclic amines) is 1. The summed E-state index contributed by atoms with van der Waals surface area (Å²) >= 11 is 0. The van der Waals surface area contributed by atoms with Gasteiger partial charge in [0, 0.05) is 31.4 Å². The molecule has 1 atom stereocenters. The number of fused-ring (bicyclic) bond motifs is 1. The third-order valence-corrected chi connectivity index (χ3v) is 6.12. The highest BCUT2D eigenvalue weighted by Crippen LogP contribution is 2.33. The van der Waals surface area contributed by atoms with Gasteiger partial charge < -0.3 is 15.6 Å². The number of aromatic nitrogens is 3. The van der Waals surface area contributed by atoms with E-state index in [9.17, 15) is 4.79 Å². The zero-order valence-corrected chi connectivity index (χ0v) is 17.4. The van der Waals surface area contributed by atoms with Gasteiger partial charge in [-0.15, -0.1) is 0 Å². The molecule has 1 aliphatic heterocycles. The van der Waals surface area contributed by atoms with E-state index in [1.807, 2.05) is 49.2 Å². The molecule has 29 heavy (non-hydrogen) atoms. The smallest absolute Gasteiger partial charge is 0.223 e. The Morgan fingerprint density at radius 3 is 2.62 bits per heavy atom. The fourth-order valence-electron chi connectivity index (χ4n) is 4.34. The predicted molar refractivity (Wildman–Crippen MR) is 116 cm³/mol. The fraction of sp³-hybridized carbons (Fsp3) is 0.435. The summed E-state index contributed by atoms with van der Waals surface area (Å²) in [4.78, 5) is 27.4. The van der Waals surface area contributed by atoms with Crippen LogP contribution in [0.5, 0.6) is 0 Å². The van der Waals surface area contributed by atoms with E-state index >= 15 is 0 Å². The molecule has 1 aromatic carbocycles. The first-order valence-corrected chi connectivity index (χ1v) is 10.4. The van der Waals surface area contributed by atoms with E-state index in [4.69, 9.17) is 5.73 Å². The molecule has 2 aromatic heterocycles. The number of carbonyl (C=O) groups excluding carboxylic acids is 1. The minimum absolute atomic E-state index is 0.190. The number of hydrogen-bond donors (Lipinski definition) is 2. The molecular weight excluding hydrogens is 362 g/mol. The van der Waals surface area contributed by atoms with Gasteiger partial charge in [0.1, 0.15) is 11.3 Å². The minimum atomic E-state index is 0.190. The summed E-state index contributed by atoms with van der Waals surface area (Å²) in [5.74, 6) is 1.75. The molecular formula is C23H29N5O. The standard InChI is InChI=1S/C23H29N5O/c1-14(17-4-6-19(24)7-5-17)12-21(29)28-10-8-18(9-11-28)20-13-25-15(2)22-23(20)27-16(3)26-22/h4-7,13-14,18H,8-12,24H2,1-3H3,(H,26,27). The fourth-order valence-corrected chi connectivity index (χ4v) is 4.34. The number of nitrogen functional groups attached to an aromatic ring is 1. The number of piperidine rings is 1. The maximum absolute atomic E-state index is 12.8. The second-order valence-electron chi connectivity index (χ2n) is 8.27. The van der Waals surface area contributed by atoms with E-state index < -0.39 is 0 Å². The summed E-state index contributed by atoms with van der Waals surface area (Å²) in [6, 6.07) is 7.83. The second-order valence-corrected chi connectivity index (χ2v) is 8.27. The van der Waals surface area contributed by atoms with E-state index in [0.717, 1.165) is 59.7 Å². The molecule has 0 spiro atoms. The van der Waals surface area contributed by atoms with Crippen LogP contribution in [0.2, 0.25) is 0 Å². The lowest BCUT2D eigenvalue weighted by Crippen LogP contribution is -2.38. The predicted octanol–water partition coefficient (Wildman–Crippen LogP) is 4.06. The molecule has 1 aliphatic rings. The van der Waals surface area contributed by atoms with Gasteiger partial charge in [0.15, 0.2) is 0 Å². The molecule has 0 bridgehead atoms. The number of nitrogens with one attached hydrogen (secondary N) is 1. The Balaban J connectivity index is 1.40. The normalized spacial score (nSPS) is 16.3. The quantitative estimate of drug-likeness (QED) is 0.657. The van der Waals surface area contributed by atoms with E-state index in [1.54, 1.807) is 0 Å². The van der Waals surface area contributed by atoms with Crippen LogP contribution in [0.25, 0.3) is 11.0 Å². The third-order valence-electron chi connectivity index (χ3n) is 6.12. The van der Waals surface area contributed by atoms with Crippen LogP contribution < -0.4 is 5.73 Å². The van der Waals surface area contributed by atoms with Crippen LogP contribution in [-0.4, -0.2) is 38.8 Å². The molecule has 6 heteroatoms. The number of aryl methyl sites for hydroxylation is 2. The molecule has 0 radical (unpaired) electrons. The Kier molecular flexibility index (Phi) is 5.26. The number of anilines is 1. The highest BCUT2D eigenvalue weighted by Gasteiger charge is 2.27. The minimum Gasteiger partial charge on any atom is -0.399 e. The van der Waals surface area contributed by atoms with E-state index in [-0.39, 0.29) is 11.8 Å². The van der Waals surface area contributed by atoms with Crippen LogP contribution in [0, 0.1) is 13.8 Å². The topological polar surface area (TPSA) is 87.9 Å². The molecule has 1 amide bonds. The van der Waals surface area contributed by atoms with Crippen molar-refractivity contribution in [2.75, 3.05) is 18.8 Å². The van der Waals surface area contributed by atoms with Crippen molar-refractivity contribution < 1.29 is 4.79 Å². The molecule has 0 saturated carbocycles. The van der Waals surface area contributed by atoms with Gasteiger partial charge in [0.05, 0.1) is 11.2 Å². The average Bonchev–Trinajstić information content (AvgIpc) is 3.11. The van der Waals surface area contributed by atoms with Crippen molar-refractivity contribution in [2.45, 2.75) is 51.9 Å². The summed E-state index contributed by atoms with van der Waals surface area (Å²) in [7, 11) is 0. The number of H-pyrrole nitrogens is 1. The molecule has 6 nitrogen and oxygen atoms in total. The lowest BCUT2D eigenvalue weighted by atomic mass is 9.89. The van der Waals surface area contributed by atoms with Crippen LogP contribution in [0.15, 0.2) is 30.5 Å². The number of imidazole rings is 1. The number of pyridine rings is 1. The lowest BCUT2D eigenvalue weighted by molar-refractivity contribution is -0.132. The Morgan fingerprint density at radius 2 is 1.93 bits per heavy atom. The number of carbonyl (C=O) groups is 1. The largest absolute Gasteiger partial charge is 0.399 e. The number of rotatable bonds is 4. The molecule has 1 fully saturated rings. The van der Waals surface area contributed by atoms with Crippen LogP contribution in [-0.2, 0) is 4.79 Å². The SMILES string of the molecule is Cc1nc2c(C)ncc(C3CCN(C(=O)CC(C)c4ccc(N)cc4)CC3)c2[nH]1. The van der Waals surface area contributed by atoms with E-state index in [0.29, 0.717) is 12.3 Å². The zero-order valence-electron chi connectivity index (χ0n) is 17.4. The van der Waals surface area contributed by atoms with Crippen molar-refractivity contribution in [3.63, 3.8) is 0 Å². The van der Waals surface area contributed by atoms with Crippen molar-refractivity contribution in [3.05, 3.63) is 53.1 Å². The summed E-state index contributed by atoms with van der Waals surface area (Å²) in [6.45, 7) is 7.66. The van der Waals surface area contributed by atoms with Crippen molar-refractivity contribution in [1.29, 1.82) is 0 Å². The van der Waals surface area contributed by atoms with Gasteiger partial charge in [0.2, 0.25) is 5.91 Å². The molecule has 152 valence electrons. The van der Waals surface area contributed by atoms with Gasteiger partial charge in [-0.05, 0) is 61.8 Å². The number of nitrogens with two attached hydrogens (primary N) is 1. The van der Waals surface area contributed by atoms with Gasteiger partial charge in [-0.2, -0.15) is 0 Å². The maximum Gasteiger partial charge on any atom is 0.223 e. The molecule has 3 aromatic rings. The van der Waals surface area contributed by atoms with E-state index in [1.165, 1.54) is 5.56 Å². The Labute approximate surface area is 171 Å². The van der Waals surface area contributed by atoms with Crippen LogP contribution in [0.4, 0.5) is 5.69 Å². The molecule has 0 aliphatic carbocycles. The van der Waals surface area contributed by atoms with Crippen molar-refractivity contribution in [3.8, 4) is 0 Å². The van der Waals surface area contributed by atoms with Gasteiger partial charge >= 0.3 is 0 Å². The summed E-state index contributed by atoms with van der Waals surface area (Å²) in [6.07, 6.45) is 4.44. The Morgan fingerprint density at radius 1 is 1.24 bits per heavy atom. The lowest BCUT2D eigenvalue weighted by Gasteiger charge is -2.33. The first-order valence-electron chi connectivity index (χ1n) is 10.4. The second kappa shape index (κ2) is 7.85. The zero-order chi connectivity index (χ0) is 20.5. The number of amides is 1. The Hall–Kier alpha value is -2.89. The first kappa shape index (κ1) is 19.4. The van der Waals surface area contributed by atoms with Gasteiger partial charge in [-0.1, -0.05) is 19.1 Å². The summed E-state index contributed by atoms with van der Waals surface area (Å²) in [5, 5.41) is 0. The van der Waals surface area contributed by atoms with Crippen molar-refractivity contribution in [2.24, 2.45) is 0 Å². The van der Waals surface area contributed by atoms with Gasteiger partial charge in [-0.25, -0.2) is 4.98 Å². The number of nitrogens with zero attached hydrogens (tertiary/aromatic N) is 3. The number of hydrogen-bond acceptors (Lipinski definition) is 4. The molecule has 1 unspecified atom stereocenters. The van der Waals surface area contributed by atoms with Gasteiger partial charge in [-0.3, -0.25) is 9.78 Å². The van der Waals surface area contributed by atoms with Crippen molar-refractivity contribution in [1.82, 2.24) is 19.9 Å². The Bertz CT molecular complexity index is 1020. The highest BCUT2D eigenvalue weighted by atomic mass is 16.2. The maximum atomic E-state index is 12.8. The summed E-state index contributed by atoms with van der Waals surface area (Å²) < 4.78 is 0. The number of aromatic amines is 1. The van der Waals surface area contributed by atoms with Crippen LogP contribution in [0.1, 0.15) is 60.7 Å². The van der Waals surface area contributed by atoms with Crippen LogP contribution in [0.3, 0.4) is 0 Å². The molecule has 3 N–H and O–H groups in total. The molecule has 1 saturated heterocycles. The first-order chi connectivity index (χ1) is 13.9. The monoisotopic (exact) mass is 391 g/mol. The molecule has 3 heterocycles.